The van der Waals surface area contributed by atoms with Gasteiger partial charge in [0.1, 0.15) is 6.61 Å². The number of oxime groups is 1. The largest absolute Gasteiger partial charge is 0.480 e. The Balaban J connectivity index is 2.20. The predicted molar refractivity (Wildman–Crippen MR) is 24.7 cm³/mol. The molecule has 0 N–H and O–H groups in total. The minimum atomic E-state index is 0.552. The molecule has 0 fully saturated rings. The van der Waals surface area contributed by atoms with Gasteiger partial charge in [-0.25, -0.2) is 0 Å². The number of hydrogen-bond acceptors (Lipinski definition) is 3. The third-order valence-corrected chi connectivity index (χ3v) is 0.599. The molecule has 0 bridgehead atoms. The van der Waals surface area contributed by atoms with E-state index in [2.05, 4.69) is 9.99 Å². The summed E-state index contributed by atoms with van der Waals surface area (Å²) in [5.41, 5.74) is 0. The van der Waals surface area contributed by atoms with Gasteiger partial charge in [-0.15, -0.1) is 0 Å². The molecule has 1 heterocycles. The molecule has 3 nitrogen and oxygen atoms in total. The van der Waals surface area contributed by atoms with Crippen LogP contribution < -0.4 is 0 Å². The second-order valence-electron chi connectivity index (χ2n) is 1.13. The summed E-state index contributed by atoms with van der Waals surface area (Å²) < 4.78 is 4.72. The molecule has 0 aliphatic carbocycles. The maximum Gasteiger partial charge on any atom is 0.212 e. The molecular formula is C4H6NO2. The maximum absolute atomic E-state index is 4.72. The highest BCUT2D eigenvalue weighted by Crippen LogP contribution is 1.86. The average Bonchev–Trinajstić information content (AvgIpc) is 1.90. The van der Waals surface area contributed by atoms with Gasteiger partial charge in [-0.3, -0.25) is 0 Å². The summed E-state index contributed by atoms with van der Waals surface area (Å²) in [6.45, 7) is 1.15. The summed E-state index contributed by atoms with van der Waals surface area (Å²) in [4.78, 5) is 4.58. The van der Waals surface area contributed by atoms with Crippen molar-refractivity contribution in [1.82, 2.24) is 0 Å². The van der Waals surface area contributed by atoms with Gasteiger partial charge in [-0.05, 0) is 0 Å². The van der Waals surface area contributed by atoms with E-state index >= 15 is 0 Å². The van der Waals surface area contributed by atoms with Crippen molar-refractivity contribution in [2.24, 2.45) is 5.16 Å². The number of nitrogens with zero attached hydrogens (tertiary/aromatic N) is 1. The van der Waals surface area contributed by atoms with Crippen molar-refractivity contribution in [3.63, 3.8) is 0 Å². The lowest BCUT2D eigenvalue weighted by molar-refractivity contribution is 0.169. The summed E-state index contributed by atoms with van der Waals surface area (Å²) >= 11 is 0. The molecule has 0 saturated carbocycles. The molecule has 1 radical (unpaired) electrons. The fraction of sp³-hybridized carbons (Fsp3) is 0.500. The summed E-state index contributed by atoms with van der Waals surface area (Å²) in [6.07, 6.45) is 3.15. The Hall–Kier alpha value is -0.730. The molecule has 0 atom stereocenters. The first-order valence-electron chi connectivity index (χ1n) is 2.07. The lowest BCUT2D eigenvalue weighted by Crippen LogP contribution is -1.91. The molecule has 3 heteroatoms. The summed E-state index contributed by atoms with van der Waals surface area (Å²) in [5, 5.41) is 3.39. The van der Waals surface area contributed by atoms with Crippen molar-refractivity contribution < 1.29 is 9.57 Å². The number of rotatable bonds is 0. The first-order chi connectivity index (χ1) is 3.50. The first-order valence-corrected chi connectivity index (χ1v) is 2.07. The normalized spacial score (nSPS) is 19.4. The highest BCUT2D eigenvalue weighted by molar-refractivity contribution is 5.45. The Morgan fingerprint density at radius 1 is 1.43 bits per heavy atom. The molecule has 1 aliphatic rings. The van der Waals surface area contributed by atoms with Crippen molar-refractivity contribution in [3.8, 4) is 0 Å². The zero-order valence-corrected chi connectivity index (χ0v) is 3.83. The van der Waals surface area contributed by atoms with Crippen LogP contribution in [0, 0.1) is 6.42 Å². The van der Waals surface area contributed by atoms with Crippen LogP contribution in [0.15, 0.2) is 5.16 Å². The quantitative estimate of drug-likeness (QED) is 0.434. The van der Waals surface area contributed by atoms with Gasteiger partial charge in [-0.2, -0.15) is 0 Å². The smallest absolute Gasteiger partial charge is 0.212 e. The predicted octanol–water partition coefficient (Wildman–Crippen LogP) is 0.181. The van der Waals surface area contributed by atoms with Crippen LogP contribution in [0.5, 0.6) is 0 Å². The Labute approximate surface area is 41.9 Å². The molecule has 0 unspecified atom stereocenters. The highest BCUT2D eigenvalue weighted by atomic mass is 16.6. The lowest BCUT2D eigenvalue weighted by atomic mass is 10.5. The zero-order valence-electron chi connectivity index (χ0n) is 3.83. The standard InChI is InChI=1S/C4H6NO2/c1-2-6-4-5-7-3-1/h1,4H,2-3H2. The Bertz CT molecular complexity index is 64.1. The van der Waals surface area contributed by atoms with Crippen LogP contribution in [0.1, 0.15) is 0 Å². The minimum absolute atomic E-state index is 0.552. The van der Waals surface area contributed by atoms with E-state index in [0.29, 0.717) is 13.2 Å². The number of ether oxygens (including phenoxy) is 1. The summed E-state index contributed by atoms with van der Waals surface area (Å²) in [6, 6.07) is 0. The topological polar surface area (TPSA) is 30.8 Å². The van der Waals surface area contributed by atoms with Gasteiger partial charge < -0.3 is 9.57 Å². The van der Waals surface area contributed by atoms with Crippen LogP contribution in [-0.2, 0) is 9.57 Å². The molecule has 39 valence electrons. The Kier molecular flexibility index (Phi) is 1.55. The van der Waals surface area contributed by atoms with Crippen LogP contribution in [0.25, 0.3) is 0 Å². The molecule has 0 aromatic rings. The molecule has 0 amide bonds. The Morgan fingerprint density at radius 2 is 2.43 bits per heavy atom. The van der Waals surface area contributed by atoms with Crippen LogP contribution in [0.3, 0.4) is 0 Å². The van der Waals surface area contributed by atoms with E-state index in [4.69, 9.17) is 4.74 Å². The fourth-order valence-electron chi connectivity index (χ4n) is 0.316. The molecule has 1 aliphatic heterocycles. The van der Waals surface area contributed by atoms with E-state index in [1.165, 1.54) is 6.40 Å². The van der Waals surface area contributed by atoms with Gasteiger partial charge in [0.15, 0.2) is 0 Å². The fourth-order valence-corrected chi connectivity index (χ4v) is 0.316. The highest BCUT2D eigenvalue weighted by Gasteiger charge is 1.90. The van der Waals surface area contributed by atoms with E-state index in [-0.39, 0.29) is 0 Å². The van der Waals surface area contributed by atoms with Gasteiger partial charge in [0.05, 0.1) is 6.61 Å². The van der Waals surface area contributed by atoms with E-state index in [1.54, 1.807) is 0 Å². The first kappa shape index (κ1) is 4.43. The summed E-state index contributed by atoms with van der Waals surface area (Å²) in [5.74, 6) is 0. The third kappa shape index (κ3) is 1.43. The lowest BCUT2D eigenvalue weighted by Gasteiger charge is -1.88. The molecule has 0 aromatic heterocycles. The van der Waals surface area contributed by atoms with Crippen molar-refractivity contribution >= 4 is 6.40 Å². The van der Waals surface area contributed by atoms with E-state index < -0.39 is 0 Å². The van der Waals surface area contributed by atoms with Crippen molar-refractivity contribution in [3.05, 3.63) is 6.42 Å². The van der Waals surface area contributed by atoms with Gasteiger partial charge in [0.2, 0.25) is 6.40 Å². The maximum atomic E-state index is 4.72. The van der Waals surface area contributed by atoms with Crippen molar-refractivity contribution in [1.29, 1.82) is 0 Å². The van der Waals surface area contributed by atoms with E-state index in [1.807, 2.05) is 6.42 Å². The second-order valence-corrected chi connectivity index (χ2v) is 1.13. The second kappa shape index (κ2) is 2.44. The van der Waals surface area contributed by atoms with Crippen LogP contribution in [0.4, 0.5) is 0 Å². The van der Waals surface area contributed by atoms with Gasteiger partial charge in [0.25, 0.3) is 0 Å². The zero-order chi connectivity index (χ0) is 4.95. The van der Waals surface area contributed by atoms with Crippen LogP contribution >= 0.6 is 0 Å². The third-order valence-electron chi connectivity index (χ3n) is 0.599. The molecule has 0 spiro atoms. The van der Waals surface area contributed by atoms with Crippen molar-refractivity contribution in [2.75, 3.05) is 13.2 Å². The number of hydrogen-bond donors (Lipinski definition) is 0. The average molecular weight is 100 g/mol. The minimum Gasteiger partial charge on any atom is -0.480 e. The van der Waals surface area contributed by atoms with Gasteiger partial charge in [-0.1, -0.05) is 5.16 Å². The van der Waals surface area contributed by atoms with Gasteiger partial charge >= 0.3 is 0 Å². The summed E-state index contributed by atoms with van der Waals surface area (Å²) in [7, 11) is 0. The molecular weight excluding hydrogens is 94.0 g/mol. The Morgan fingerprint density at radius 3 is 3.43 bits per heavy atom. The van der Waals surface area contributed by atoms with Crippen LogP contribution in [0.2, 0.25) is 0 Å². The SMILES string of the molecule is [CH]1COC=NOC1. The van der Waals surface area contributed by atoms with Gasteiger partial charge in [0, 0.05) is 6.42 Å². The molecule has 7 heavy (non-hydrogen) atoms. The van der Waals surface area contributed by atoms with Crippen LogP contribution in [-0.4, -0.2) is 19.6 Å². The van der Waals surface area contributed by atoms with Crippen molar-refractivity contribution in [2.45, 2.75) is 0 Å². The van der Waals surface area contributed by atoms with E-state index in [0.717, 1.165) is 0 Å². The molecule has 0 saturated heterocycles. The monoisotopic (exact) mass is 100 g/mol. The molecule has 0 aromatic carbocycles. The molecule has 1 rings (SSSR count). The van der Waals surface area contributed by atoms with E-state index in [9.17, 15) is 0 Å².